The standard InChI is InChI=1S/C19H17N5O3S/c20-16(26)15-17(22-11-21-15)24(10-12-5-4-8-14(25)9-12)19(28)23-18(27)13-6-2-1-3-7-13/h1-9,11,25H,10H2,(H2,20,26)(H,21,22)(H,23,27,28). The lowest BCUT2D eigenvalue weighted by Gasteiger charge is -2.24. The van der Waals surface area contributed by atoms with E-state index in [1.54, 1.807) is 48.5 Å². The summed E-state index contributed by atoms with van der Waals surface area (Å²) in [7, 11) is 0. The van der Waals surface area contributed by atoms with Gasteiger partial charge in [0, 0.05) is 5.56 Å². The van der Waals surface area contributed by atoms with Crippen molar-refractivity contribution in [2.24, 2.45) is 5.73 Å². The molecule has 0 saturated heterocycles. The second-order valence-corrected chi connectivity index (χ2v) is 6.23. The first-order valence-corrected chi connectivity index (χ1v) is 8.65. The Bertz CT molecular complexity index is 1020. The zero-order valence-electron chi connectivity index (χ0n) is 14.6. The minimum Gasteiger partial charge on any atom is -0.508 e. The molecule has 2 aromatic carbocycles. The number of phenolic OH excluding ortho intramolecular Hbond substituents is 1. The predicted molar refractivity (Wildman–Crippen MR) is 108 cm³/mol. The van der Waals surface area contributed by atoms with Crippen LogP contribution in [0.4, 0.5) is 5.82 Å². The van der Waals surface area contributed by atoms with E-state index in [2.05, 4.69) is 15.3 Å². The third-order valence-electron chi connectivity index (χ3n) is 3.87. The quantitative estimate of drug-likeness (QED) is 0.490. The SMILES string of the molecule is NC(=O)c1[nH]cnc1N(Cc1cccc(O)c1)C(=S)NC(=O)c1ccccc1. The van der Waals surface area contributed by atoms with Crippen LogP contribution in [0.1, 0.15) is 26.4 Å². The molecule has 3 aromatic rings. The smallest absolute Gasteiger partial charge is 0.269 e. The number of hydrogen-bond donors (Lipinski definition) is 4. The molecule has 9 heteroatoms. The van der Waals surface area contributed by atoms with Crippen molar-refractivity contribution in [1.29, 1.82) is 0 Å². The van der Waals surface area contributed by atoms with Crippen molar-refractivity contribution in [3.05, 3.63) is 77.7 Å². The molecule has 0 unspecified atom stereocenters. The summed E-state index contributed by atoms with van der Waals surface area (Å²) in [5.41, 5.74) is 6.57. The highest BCUT2D eigenvalue weighted by molar-refractivity contribution is 7.80. The average molecular weight is 395 g/mol. The van der Waals surface area contributed by atoms with Crippen LogP contribution in [0.5, 0.6) is 5.75 Å². The number of amides is 2. The lowest BCUT2D eigenvalue weighted by Crippen LogP contribution is -2.43. The van der Waals surface area contributed by atoms with Gasteiger partial charge in [-0.1, -0.05) is 30.3 Å². The molecule has 5 N–H and O–H groups in total. The van der Waals surface area contributed by atoms with Gasteiger partial charge in [0.05, 0.1) is 12.9 Å². The zero-order valence-corrected chi connectivity index (χ0v) is 15.4. The van der Waals surface area contributed by atoms with Crippen molar-refractivity contribution in [1.82, 2.24) is 15.3 Å². The maximum Gasteiger partial charge on any atom is 0.269 e. The Morgan fingerprint density at radius 2 is 1.93 bits per heavy atom. The van der Waals surface area contributed by atoms with Crippen molar-refractivity contribution in [3.8, 4) is 5.75 Å². The zero-order chi connectivity index (χ0) is 20.1. The lowest BCUT2D eigenvalue weighted by molar-refractivity contribution is 0.0975. The minimum atomic E-state index is -0.717. The number of phenols is 1. The van der Waals surface area contributed by atoms with E-state index in [-0.39, 0.29) is 28.9 Å². The van der Waals surface area contributed by atoms with Crippen LogP contribution in [0.15, 0.2) is 60.9 Å². The molecule has 0 aliphatic heterocycles. The van der Waals surface area contributed by atoms with Gasteiger partial charge < -0.3 is 15.8 Å². The van der Waals surface area contributed by atoms with Crippen molar-refractivity contribution in [2.45, 2.75) is 6.54 Å². The number of aromatic hydroxyl groups is 1. The van der Waals surface area contributed by atoms with Gasteiger partial charge in [-0.15, -0.1) is 0 Å². The number of carbonyl (C=O) groups excluding carboxylic acids is 2. The molecule has 0 radical (unpaired) electrons. The topological polar surface area (TPSA) is 124 Å². The molecule has 0 aliphatic carbocycles. The van der Waals surface area contributed by atoms with Crippen molar-refractivity contribution in [2.75, 3.05) is 4.90 Å². The number of thiocarbonyl (C=S) groups is 1. The van der Waals surface area contributed by atoms with Gasteiger partial charge >= 0.3 is 0 Å². The van der Waals surface area contributed by atoms with Crippen molar-refractivity contribution in [3.63, 3.8) is 0 Å². The second kappa shape index (κ2) is 8.31. The lowest BCUT2D eigenvalue weighted by atomic mass is 10.2. The molecular formula is C19H17N5O3S. The van der Waals surface area contributed by atoms with Gasteiger partial charge in [0.25, 0.3) is 11.8 Å². The van der Waals surface area contributed by atoms with Crippen LogP contribution in [0, 0.1) is 0 Å². The molecule has 0 aliphatic rings. The van der Waals surface area contributed by atoms with Crippen LogP contribution in [-0.4, -0.2) is 32.0 Å². The monoisotopic (exact) mass is 395 g/mol. The molecule has 3 rings (SSSR count). The van der Waals surface area contributed by atoms with Gasteiger partial charge in [0.2, 0.25) is 0 Å². The largest absolute Gasteiger partial charge is 0.508 e. The predicted octanol–water partition coefficient (Wildman–Crippen LogP) is 1.94. The van der Waals surface area contributed by atoms with E-state index < -0.39 is 11.8 Å². The Kier molecular flexibility index (Phi) is 5.66. The Morgan fingerprint density at radius 3 is 2.61 bits per heavy atom. The second-order valence-electron chi connectivity index (χ2n) is 5.85. The number of imidazole rings is 1. The summed E-state index contributed by atoms with van der Waals surface area (Å²) >= 11 is 5.40. The first kappa shape index (κ1) is 19.1. The van der Waals surface area contributed by atoms with Gasteiger partial charge in [-0.05, 0) is 42.0 Å². The fourth-order valence-electron chi connectivity index (χ4n) is 2.58. The third-order valence-corrected chi connectivity index (χ3v) is 4.20. The van der Waals surface area contributed by atoms with Crippen LogP contribution in [-0.2, 0) is 6.54 Å². The number of primary amides is 1. The number of benzene rings is 2. The molecule has 142 valence electrons. The Balaban J connectivity index is 1.91. The van der Waals surface area contributed by atoms with E-state index in [0.717, 1.165) is 0 Å². The molecule has 28 heavy (non-hydrogen) atoms. The van der Waals surface area contributed by atoms with E-state index in [0.29, 0.717) is 11.1 Å². The van der Waals surface area contributed by atoms with Crippen LogP contribution < -0.4 is 16.0 Å². The van der Waals surface area contributed by atoms with Crippen molar-refractivity contribution >= 4 is 35.0 Å². The summed E-state index contributed by atoms with van der Waals surface area (Å²) in [4.78, 5) is 32.4. The highest BCUT2D eigenvalue weighted by Crippen LogP contribution is 2.21. The summed E-state index contributed by atoms with van der Waals surface area (Å²) in [5.74, 6) is -0.865. The third kappa shape index (κ3) is 4.33. The Labute approximate surface area is 166 Å². The number of nitrogens with one attached hydrogen (secondary N) is 2. The Morgan fingerprint density at radius 1 is 1.18 bits per heavy atom. The highest BCUT2D eigenvalue weighted by atomic mass is 32.1. The number of anilines is 1. The highest BCUT2D eigenvalue weighted by Gasteiger charge is 2.23. The molecule has 0 atom stereocenters. The van der Waals surface area contributed by atoms with Crippen LogP contribution in [0.3, 0.4) is 0 Å². The molecule has 1 aromatic heterocycles. The summed E-state index contributed by atoms with van der Waals surface area (Å²) in [6.07, 6.45) is 1.31. The molecule has 1 heterocycles. The summed E-state index contributed by atoms with van der Waals surface area (Å²) < 4.78 is 0. The van der Waals surface area contributed by atoms with Crippen LogP contribution >= 0.6 is 12.2 Å². The minimum absolute atomic E-state index is 0.0341. The first-order chi connectivity index (χ1) is 13.5. The fraction of sp³-hybridized carbons (Fsp3) is 0.0526. The van der Waals surface area contributed by atoms with Gasteiger partial charge in [-0.25, -0.2) is 4.98 Å². The summed E-state index contributed by atoms with van der Waals surface area (Å²) in [6.45, 7) is 0.146. The number of aromatic nitrogens is 2. The molecule has 0 fully saturated rings. The molecule has 0 bridgehead atoms. The molecule has 0 saturated carbocycles. The number of rotatable bonds is 5. The van der Waals surface area contributed by atoms with E-state index in [1.807, 2.05) is 0 Å². The van der Waals surface area contributed by atoms with E-state index >= 15 is 0 Å². The van der Waals surface area contributed by atoms with Gasteiger partial charge in [-0.2, -0.15) is 0 Å². The van der Waals surface area contributed by atoms with Gasteiger partial charge in [0.1, 0.15) is 11.4 Å². The maximum absolute atomic E-state index is 12.5. The Hall–Kier alpha value is -3.72. The number of nitrogens with zero attached hydrogens (tertiary/aromatic N) is 2. The molecular weight excluding hydrogens is 378 g/mol. The average Bonchev–Trinajstić information content (AvgIpc) is 3.16. The summed E-state index contributed by atoms with van der Waals surface area (Å²) in [5, 5.41) is 12.4. The number of aromatic amines is 1. The van der Waals surface area contributed by atoms with Crippen LogP contribution in [0.25, 0.3) is 0 Å². The molecule has 2 amide bonds. The summed E-state index contributed by atoms with van der Waals surface area (Å²) in [6, 6.07) is 15.1. The van der Waals surface area contributed by atoms with E-state index in [1.165, 1.54) is 17.3 Å². The molecule has 8 nitrogen and oxygen atoms in total. The van der Waals surface area contributed by atoms with Crippen LogP contribution in [0.2, 0.25) is 0 Å². The van der Waals surface area contributed by atoms with E-state index in [9.17, 15) is 14.7 Å². The first-order valence-electron chi connectivity index (χ1n) is 8.24. The maximum atomic E-state index is 12.5. The molecule has 0 spiro atoms. The number of nitrogens with two attached hydrogens (primary N) is 1. The number of carbonyl (C=O) groups is 2. The normalized spacial score (nSPS) is 10.3. The number of H-pyrrole nitrogens is 1. The van der Waals surface area contributed by atoms with E-state index in [4.69, 9.17) is 18.0 Å². The van der Waals surface area contributed by atoms with Gasteiger partial charge in [-0.3, -0.25) is 19.8 Å². The number of hydrogen-bond acceptors (Lipinski definition) is 5. The fourth-order valence-corrected chi connectivity index (χ4v) is 2.82. The van der Waals surface area contributed by atoms with Gasteiger partial charge in [0.15, 0.2) is 10.9 Å². The van der Waals surface area contributed by atoms with Crippen molar-refractivity contribution < 1.29 is 14.7 Å².